The number of rotatable bonds is 5. The SMILES string of the molecule is C=C(CCN(C)C)C(N)=O.C=CC(N)=O. The molecule has 0 saturated heterocycles. The van der Waals surface area contributed by atoms with Gasteiger partial charge in [-0.2, -0.15) is 0 Å². The third kappa shape index (κ3) is 15.2. The van der Waals surface area contributed by atoms with Crippen molar-refractivity contribution < 1.29 is 9.59 Å². The molecular weight excluding hydrogens is 194 g/mol. The highest BCUT2D eigenvalue weighted by molar-refractivity contribution is 5.91. The summed E-state index contributed by atoms with van der Waals surface area (Å²) in [5, 5.41) is 0. The largest absolute Gasteiger partial charge is 0.366 e. The molecule has 86 valence electrons. The van der Waals surface area contributed by atoms with Crippen molar-refractivity contribution >= 4 is 11.8 Å². The van der Waals surface area contributed by atoms with Gasteiger partial charge in [0, 0.05) is 12.1 Å². The van der Waals surface area contributed by atoms with Crippen molar-refractivity contribution in [1.82, 2.24) is 4.90 Å². The normalized spacial score (nSPS) is 8.73. The molecule has 0 aliphatic carbocycles. The van der Waals surface area contributed by atoms with Crippen molar-refractivity contribution in [2.75, 3.05) is 20.6 Å². The topological polar surface area (TPSA) is 89.4 Å². The smallest absolute Gasteiger partial charge is 0.244 e. The van der Waals surface area contributed by atoms with E-state index in [1.807, 2.05) is 19.0 Å². The summed E-state index contributed by atoms with van der Waals surface area (Å²) < 4.78 is 0. The van der Waals surface area contributed by atoms with Crippen LogP contribution in [0.5, 0.6) is 0 Å². The summed E-state index contributed by atoms with van der Waals surface area (Å²) >= 11 is 0. The number of carbonyl (C=O) groups excluding carboxylic acids is 2. The molecule has 2 amide bonds. The molecule has 5 nitrogen and oxygen atoms in total. The fraction of sp³-hybridized carbons (Fsp3) is 0.400. The first-order valence-electron chi connectivity index (χ1n) is 4.35. The third-order valence-electron chi connectivity index (χ3n) is 1.41. The van der Waals surface area contributed by atoms with Gasteiger partial charge >= 0.3 is 0 Å². The zero-order valence-corrected chi connectivity index (χ0v) is 9.32. The molecule has 0 aliphatic rings. The van der Waals surface area contributed by atoms with Gasteiger partial charge < -0.3 is 16.4 Å². The Bertz CT molecular complexity index is 247. The Morgan fingerprint density at radius 2 is 1.73 bits per heavy atom. The molecule has 5 heteroatoms. The van der Waals surface area contributed by atoms with Gasteiger partial charge in [0.1, 0.15) is 0 Å². The van der Waals surface area contributed by atoms with Crippen LogP contribution >= 0.6 is 0 Å². The monoisotopic (exact) mass is 213 g/mol. The first-order chi connectivity index (χ1) is 6.81. The Morgan fingerprint density at radius 1 is 1.33 bits per heavy atom. The summed E-state index contributed by atoms with van der Waals surface area (Å²) in [7, 11) is 3.88. The maximum absolute atomic E-state index is 10.4. The molecule has 0 heterocycles. The lowest BCUT2D eigenvalue weighted by Gasteiger charge is -2.08. The second-order valence-electron chi connectivity index (χ2n) is 3.13. The minimum Gasteiger partial charge on any atom is -0.366 e. The van der Waals surface area contributed by atoms with Gasteiger partial charge in [0.2, 0.25) is 11.8 Å². The van der Waals surface area contributed by atoms with Crippen molar-refractivity contribution in [3.63, 3.8) is 0 Å². The summed E-state index contributed by atoms with van der Waals surface area (Å²) in [5.41, 5.74) is 9.99. The summed E-state index contributed by atoms with van der Waals surface area (Å²) in [6.45, 7) is 7.43. The van der Waals surface area contributed by atoms with E-state index in [0.29, 0.717) is 12.0 Å². The van der Waals surface area contributed by atoms with Crippen LogP contribution in [0.4, 0.5) is 0 Å². The summed E-state index contributed by atoms with van der Waals surface area (Å²) in [5.74, 6) is -0.883. The van der Waals surface area contributed by atoms with E-state index in [1.165, 1.54) is 0 Å². The van der Waals surface area contributed by atoms with Gasteiger partial charge in [-0.15, -0.1) is 0 Å². The highest BCUT2D eigenvalue weighted by atomic mass is 16.1. The van der Waals surface area contributed by atoms with E-state index in [2.05, 4.69) is 18.9 Å². The summed E-state index contributed by atoms with van der Waals surface area (Å²) in [6.07, 6.45) is 1.71. The number of hydrogen-bond acceptors (Lipinski definition) is 3. The third-order valence-corrected chi connectivity index (χ3v) is 1.41. The van der Waals surface area contributed by atoms with Gasteiger partial charge in [0.25, 0.3) is 0 Å². The maximum Gasteiger partial charge on any atom is 0.244 e. The molecule has 0 aromatic heterocycles. The van der Waals surface area contributed by atoms with E-state index in [1.54, 1.807) is 0 Å². The molecule has 0 spiro atoms. The highest BCUT2D eigenvalue weighted by Crippen LogP contribution is 1.95. The predicted octanol–water partition coefficient (Wildman–Crippen LogP) is -0.363. The van der Waals surface area contributed by atoms with E-state index >= 15 is 0 Å². The van der Waals surface area contributed by atoms with Gasteiger partial charge in [-0.05, 0) is 26.6 Å². The molecule has 0 rings (SSSR count). The Balaban J connectivity index is 0. The molecule has 0 aliphatic heterocycles. The minimum atomic E-state index is -0.481. The van der Waals surface area contributed by atoms with Gasteiger partial charge in [0.15, 0.2) is 0 Å². The van der Waals surface area contributed by atoms with Gasteiger partial charge in [-0.1, -0.05) is 13.2 Å². The minimum absolute atomic E-state index is 0.401. The van der Waals surface area contributed by atoms with Gasteiger partial charge in [-0.3, -0.25) is 9.59 Å². The number of nitrogens with two attached hydrogens (primary N) is 2. The number of amides is 2. The zero-order valence-electron chi connectivity index (χ0n) is 9.32. The quantitative estimate of drug-likeness (QED) is 0.611. The van der Waals surface area contributed by atoms with E-state index in [4.69, 9.17) is 5.73 Å². The number of carbonyl (C=O) groups is 2. The van der Waals surface area contributed by atoms with Crippen LogP contribution in [-0.4, -0.2) is 37.4 Å². The average molecular weight is 213 g/mol. The van der Waals surface area contributed by atoms with E-state index in [0.717, 1.165) is 12.6 Å². The molecule has 0 radical (unpaired) electrons. The maximum atomic E-state index is 10.4. The fourth-order valence-corrected chi connectivity index (χ4v) is 0.482. The van der Waals surface area contributed by atoms with Crippen LogP contribution < -0.4 is 11.5 Å². The van der Waals surface area contributed by atoms with Crippen LogP contribution in [0.3, 0.4) is 0 Å². The molecule has 0 atom stereocenters. The van der Waals surface area contributed by atoms with Gasteiger partial charge in [-0.25, -0.2) is 0 Å². The standard InChI is InChI=1S/C7H14N2O.C3H5NO/c1-6(7(8)10)4-5-9(2)3;1-2-3(4)5/h1,4-5H2,2-3H3,(H2,8,10);2H,1H2,(H2,4,5). The van der Waals surface area contributed by atoms with Crippen molar-refractivity contribution in [2.45, 2.75) is 6.42 Å². The summed E-state index contributed by atoms with van der Waals surface area (Å²) in [4.78, 5) is 21.9. The Kier molecular flexibility index (Phi) is 9.45. The molecular formula is C10H19N3O2. The number of hydrogen-bond donors (Lipinski definition) is 2. The number of nitrogens with zero attached hydrogens (tertiary/aromatic N) is 1. The van der Waals surface area contributed by atoms with Crippen LogP contribution in [0.1, 0.15) is 6.42 Å². The Labute approximate surface area is 90.4 Å². The van der Waals surface area contributed by atoms with Crippen molar-refractivity contribution in [3.8, 4) is 0 Å². The van der Waals surface area contributed by atoms with Crippen LogP contribution in [0.25, 0.3) is 0 Å². The second kappa shape index (κ2) is 8.96. The molecule has 0 aromatic carbocycles. The van der Waals surface area contributed by atoms with Crippen molar-refractivity contribution in [2.24, 2.45) is 11.5 Å². The summed E-state index contributed by atoms with van der Waals surface area (Å²) in [6, 6.07) is 0. The van der Waals surface area contributed by atoms with Crippen molar-refractivity contribution in [1.29, 1.82) is 0 Å². The molecule has 0 bridgehead atoms. The fourth-order valence-electron chi connectivity index (χ4n) is 0.482. The van der Waals surface area contributed by atoms with Crippen LogP contribution in [0.2, 0.25) is 0 Å². The Morgan fingerprint density at radius 3 is 1.93 bits per heavy atom. The predicted molar refractivity (Wildman–Crippen MR) is 60.9 cm³/mol. The van der Waals surface area contributed by atoms with Gasteiger partial charge in [0.05, 0.1) is 0 Å². The Hall–Kier alpha value is -1.62. The molecule has 0 aromatic rings. The number of primary amides is 2. The van der Waals surface area contributed by atoms with E-state index in [9.17, 15) is 9.59 Å². The molecule has 4 N–H and O–H groups in total. The average Bonchev–Trinajstić information content (AvgIpc) is 2.14. The molecule has 0 saturated carbocycles. The van der Waals surface area contributed by atoms with Crippen LogP contribution in [-0.2, 0) is 9.59 Å². The molecule has 0 fully saturated rings. The van der Waals surface area contributed by atoms with E-state index < -0.39 is 11.8 Å². The lowest BCUT2D eigenvalue weighted by Crippen LogP contribution is -2.19. The van der Waals surface area contributed by atoms with Crippen LogP contribution in [0, 0.1) is 0 Å². The first kappa shape index (κ1) is 15.8. The van der Waals surface area contributed by atoms with Crippen LogP contribution in [0.15, 0.2) is 24.8 Å². The second-order valence-corrected chi connectivity index (χ2v) is 3.13. The zero-order chi connectivity index (χ0) is 12.4. The lowest BCUT2D eigenvalue weighted by molar-refractivity contribution is -0.115. The van der Waals surface area contributed by atoms with E-state index in [-0.39, 0.29) is 0 Å². The first-order valence-corrected chi connectivity index (χ1v) is 4.35. The molecule has 15 heavy (non-hydrogen) atoms. The molecule has 0 unspecified atom stereocenters. The van der Waals surface area contributed by atoms with Crippen molar-refractivity contribution in [3.05, 3.63) is 24.8 Å². The lowest BCUT2D eigenvalue weighted by atomic mass is 10.2. The highest BCUT2D eigenvalue weighted by Gasteiger charge is 2.00.